The highest BCUT2D eigenvalue weighted by Gasteiger charge is 2.26. The lowest BCUT2D eigenvalue weighted by atomic mass is 10.1. The van der Waals surface area contributed by atoms with Crippen LogP contribution in [0.25, 0.3) is 0 Å². The van der Waals surface area contributed by atoms with E-state index in [1.54, 1.807) is 0 Å². The first kappa shape index (κ1) is 19.6. The Labute approximate surface area is 167 Å². The van der Waals surface area contributed by atoms with E-state index >= 15 is 0 Å². The maximum Gasteiger partial charge on any atom is 0.167 e. The van der Waals surface area contributed by atoms with E-state index in [9.17, 15) is 0 Å². The fraction of sp³-hybridized carbons (Fsp3) is 0.700. The second-order valence-corrected chi connectivity index (χ2v) is 8.73. The van der Waals surface area contributed by atoms with Gasteiger partial charge in [-0.05, 0) is 39.8 Å². The van der Waals surface area contributed by atoms with Gasteiger partial charge in [0.2, 0.25) is 0 Å². The fourth-order valence-corrected chi connectivity index (χ4v) is 4.81. The summed E-state index contributed by atoms with van der Waals surface area (Å²) in [6.07, 6.45) is 4.14. The molecule has 0 unspecified atom stereocenters. The van der Waals surface area contributed by atoms with Crippen LogP contribution < -0.4 is 10.6 Å². The highest BCUT2D eigenvalue weighted by Crippen LogP contribution is 2.14. The van der Waals surface area contributed by atoms with Crippen LogP contribution in [0.15, 0.2) is 24.5 Å². The summed E-state index contributed by atoms with van der Waals surface area (Å²) in [5, 5.41) is 16.4. The highest BCUT2D eigenvalue weighted by molar-refractivity contribution is 5.03. The Balaban J connectivity index is 1.56. The van der Waals surface area contributed by atoms with E-state index in [-0.39, 0.29) is 0 Å². The van der Waals surface area contributed by atoms with Crippen molar-refractivity contribution >= 4 is 0 Å². The van der Waals surface area contributed by atoms with Crippen LogP contribution >= 0.6 is 0 Å². The summed E-state index contributed by atoms with van der Waals surface area (Å²) in [6.45, 7) is 14.8. The molecule has 2 fully saturated rings. The number of piperazine rings is 2. The Bertz CT molecular complexity index is 689. The van der Waals surface area contributed by atoms with Gasteiger partial charge in [-0.2, -0.15) is 0 Å². The Morgan fingerprint density at radius 2 is 1.14 bits per heavy atom. The SMILES string of the molecule is C[C@@H]1CN(Cc2nnc(CN3C[C@@H](C)N[C@@H](C)C3)n2-n2cccc2)C[C@@H](C)N1. The number of hydrogen-bond acceptors (Lipinski definition) is 6. The summed E-state index contributed by atoms with van der Waals surface area (Å²) >= 11 is 0. The predicted octanol–water partition coefficient (Wildman–Crippen LogP) is 0.755. The molecule has 8 heteroatoms. The molecule has 8 nitrogen and oxygen atoms in total. The molecule has 4 rings (SSSR count). The molecule has 2 aromatic rings. The minimum absolute atomic E-state index is 0.495. The van der Waals surface area contributed by atoms with Crippen LogP contribution in [0, 0.1) is 0 Å². The van der Waals surface area contributed by atoms with E-state index in [0.717, 1.165) is 50.9 Å². The summed E-state index contributed by atoms with van der Waals surface area (Å²) in [6, 6.07) is 6.09. The predicted molar refractivity (Wildman–Crippen MR) is 110 cm³/mol. The summed E-state index contributed by atoms with van der Waals surface area (Å²) in [4.78, 5) is 4.96. The third kappa shape index (κ3) is 4.46. The Morgan fingerprint density at radius 1 is 0.750 bits per heavy atom. The molecule has 2 aromatic heterocycles. The molecule has 28 heavy (non-hydrogen) atoms. The Hall–Kier alpha value is -1.74. The molecular formula is C20H34N8. The van der Waals surface area contributed by atoms with Crippen molar-refractivity contribution in [3.05, 3.63) is 36.2 Å². The van der Waals surface area contributed by atoms with Crippen LogP contribution in [-0.2, 0) is 13.1 Å². The van der Waals surface area contributed by atoms with Crippen molar-refractivity contribution in [2.24, 2.45) is 0 Å². The average molecular weight is 387 g/mol. The van der Waals surface area contributed by atoms with Gasteiger partial charge < -0.3 is 10.6 Å². The van der Waals surface area contributed by atoms with Gasteiger partial charge in [-0.15, -0.1) is 10.2 Å². The van der Waals surface area contributed by atoms with Crippen LogP contribution in [0.1, 0.15) is 39.3 Å². The average Bonchev–Trinajstić information content (AvgIpc) is 3.23. The lowest BCUT2D eigenvalue weighted by molar-refractivity contribution is 0.156. The van der Waals surface area contributed by atoms with Gasteiger partial charge in [-0.25, -0.2) is 4.68 Å². The van der Waals surface area contributed by atoms with Crippen LogP contribution in [0.5, 0.6) is 0 Å². The molecule has 2 saturated heterocycles. The number of hydrogen-bond donors (Lipinski definition) is 2. The quantitative estimate of drug-likeness (QED) is 0.791. The normalized spacial score (nSPS) is 30.0. The second kappa shape index (κ2) is 8.32. The van der Waals surface area contributed by atoms with Crippen molar-refractivity contribution in [3.63, 3.8) is 0 Å². The first-order valence-electron chi connectivity index (χ1n) is 10.5. The third-order valence-electron chi connectivity index (χ3n) is 5.59. The molecule has 0 amide bonds. The summed E-state index contributed by atoms with van der Waals surface area (Å²) < 4.78 is 4.30. The van der Waals surface area contributed by atoms with Crippen molar-refractivity contribution in [1.29, 1.82) is 0 Å². The monoisotopic (exact) mass is 386 g/mol. The van der Waals surface area contributed by atoms with Crippen LogP contribution in [0.2, 0.25) is 0 Å². The smallest absolute Gasteiger partial charge is 0.167 e. The minimum Gasteiger partial charge on any atom is -0.309 e. The Morgan fingerprint density at radius 3 is 1.54 bits per heavy atom. The maximum absolute atomic E-state index is 4.61. The van der Waals surface area contributed by atoms with E-state index in [0.29, 0.717) is 24.2 Å². The van der Waals surface area contributed by atoms with Gasteiger partial charge in [0.1, 0.15) is 0 Å². The molecule has 0 spiro atoms. The van der Waals surface area contributed by atoms with E-state index in [4.69, 9.17) is 0 Å². The molecule has 2 aliphatic rings. The van der Waals surface area contributed by atoms with Gasteiger partial charge in [0.15, 0.2) is 11.6 Å². The standard InChI is InChI=1S/C20H34N8/c1-15-9-25(10-16(2)21-15)13-19-23-24-20(28(19)27-7-5-6-8-27)14-26-11-17(3)22-18(4)12-26/h5-8,15-18,21-22H,9-14H2,1-4H3/t15-,16-,17-,18+/m1/s1. The molecule has 2 N–H and O–H groups in total. The second-order valence-electron chi connectivity index (χ2n) is 8.73. The largest absolute Gasteiger partial charge is 0.309 e. The van der Waals surface area contributed by atoms with E-state index in [1.165, 1.54) is 0 Å². The van der Waals surface area contributed by atoms with Gasteiger partial charge in [0.05, 0.1) is 13.1 Å². The molecule has 0 radical (unpaired) electrons. The Kier molecular flexibility index (Phi) is 5.82. The number of nitrogens with zero attached hydrogens (tertiary/aromatic N) is 6. The van der Waals surface area contributed by atoms with E-state index < -0.39 is 0 Å². The zero-order valence-electron chi connectivity index (χ0n) is 17.5. The van der Waals surface area contributed by atoms with Crippen molar-refractivity contribution in [2.45, 2.75) is 65.0 Å². The molecular weight excluding hydrogens is 352 g/mol. The van der Waals surface area contributed by atoms with Gasteiger partial charge in [0.25, 0.3) is 0 Å². The maximum atomic E-state index is 4.61. The van der Waals surface area contributed by atoms with E-state index in [1.807, 2.05) is 0 Å². The van der Waals surface area contributed by atoms with Gasteiger partial charge in [-0.1, -0.05) is 0 Å². The molecule has 2 aliphatic heterocycles. The summed E-state index contributed by atoms with van der Waals surface area (Å²) in [5.74, 6) is 2.01. The fourth-order valence-electron chi connectivity index (χ4n) is 4.81. The molecule has 4 atom stereocenters. The van der Waals surface area contributed by atoms with Crippen molar-refractivity contribution < 1.29 is 0 Å². The van der Waals surface area contributed by atoms with Gasteiger partial charge in [-0.3, -0.25) is 14.5 Å². The zero-order valence-corrected chi connectivity index (χ0v) is 17.5. The lowest BCUT2D eigenvalue weighted by Gasteiger charge is -2.36. The molecule has 0 aliphatic carbocycles. The number of nitrogens with one attached hydrogen (secondary N) is 2. The van der Waals surface area contributed by atoms with Crippen molar-refractivity contribution in [2.75, 3.05) is 26.2 Å². The first-order chi connectivity index (χ1) is 13.5. The summed E-state index contributed by atoms with van der Waals surface area (Å²) in [7, 11) is 0. The van der Waals surface area contributed by atoms with Crippen molar-refractivity contribution in [3.8, 4) is 0 Å². The summed E-state index contributed by atoms with van der Waals surface area (Å²) in [5.41, 5.74) is 0. The zero-order chi connectivity index (χ0) is 19.7. The molecule has 0 bridgehead atoms. The molecule has 154 valence electrons. The number of rotatable bonds is 5. The minimum atomic E-state index is 0.495. The third-order valence-corrected chi connectivity index (χ3v) is 5.59. The molecule has 0 saturated carbocycles. The van der Waals surface area contributed by atoms with Gasteiger partial charge >= 0.3 is 0 Å². The van der Waals surface area contributed by atoms with E-state index in [2.05, 4.69) is 92.2 Å². The van der Waals surface area contributed by atoms with Crippen LogP contribution in [0.4, 0.5) is 0 Å². The van der Waals surface area contributed by atoms with Gasteiger partial charge in [0, 0.05) is 62.7 Å². The lowest BCUT2D eigenvalue weighted by Crippen LogP contribution is -2.54. The van der Waals surface area contributed by atoms with Crippen LogP contribution in [0.3, 0.4) is 0 Å². The molecule has 4 heterocycles. The van der Waals surface area contributed by atoms with Crippen LogP contribution in [-0.4, -0.2) is 79.7 Å². The first-order valence-corrected chi connectivity index (χ1v) is 10.5. The topological polar surface area (TPSA) is 66.2 Å². The number of aromatic nitrogens is 4. The highest BCUT2D eigenvalue weighted by atomic mass is 15.5. The molecule has 0 aromatic carbocycles. The van der Waals surface area contributed by atoms with Crippen molar-refractivity contribution in [1.82, 2.24) is 40.0 Å².